The van der Waals surface area contributed by atoms with Crippen molar-refractivity contribution in [2.75, 3.05) is 26.5 Å². The minimum absolute atomic E-state index is 0.114. The van der Waals surface area contributed by atoms with Crippen LogP contribution in [0.1, 0.15) is 27.2 Å². The van der Waals surface area contributed by atoms with Gasteiger partial charge in [0.25, 0.3) is 0 Å². The first kappa shape index (κ1) is 17.7. The monoisotopic (exact) mass is 341 g/mol. The fourth-order valence-electron chi connectivity index (χ4n) is 2.13. The number of carbonyl (C=O) groups excluding carboxylic acids is 1. The van der Waals surface area contributed by atoms with E-state index in [1.165, 1.54) is 11.8 Å². The van der Waals surface area contributed by atoms with E-state index < -0.39 is 5.60 Å². The lowest BCUT2D eigenvalue weighted by Gasteiger charge is -2.24. The van der Waals surface area contributed by atoms with Crippen molar-refractivity contribution in [3.63, 3.8) is 0 Å². The maximum absolute atomic E-state index is 12.1. The molecule has 0 N–H and O–H groups in total. The largest absolute Gasteiger partial charge is 0.481 e. The van der Waals surface area contributed by atoms with Crippen molar-refractivity contribution in [2.24, 2.45) is 0 Å². The molecule has 23 heavy (non-hydrogen) atoms. The Hall–Kier alpha value is -1.70. The van der Waals surface area contributed by atoms with Crippen molar-refractivity contribution in [3.8, 4) is 11.8 Å². The van der Waals surface area contributed by atoms with Gasteiger partial charge in [-0.2, -0.15) is 9.97 Å². The molecule has 0 radical (unpaired) electrons. The molecule has 1 aliphatic rings. The summed E-state index contributed by atoms with van der Waals surface area (Å²) in [4.78, 5) is 22.2. The highest BCUT2D eigenvalue weighted by molar-refractivity contribution is 7.98. The Balaban J connectivity index is 1.96. The molecule has 0 aromatic carbocycles. The Morgan fingerprint density at radius 1 is 1.35 bits per heavy atom. The lowest BCUT2D eigenvalue weighted by atomic mass is 10.2. The first-order chi connectivity index (χ1) is 10.8. The molecular weight excluding hydrogens is 318 g/mol. The predicted molar refractivity (Wildman–Crippen MR) is 87.2 cm³/mol. The third kappa shape index (κ3) is 5.16. The van der Waals surface area contributed by atoms with E-state index in [0.29, 0.717) is 30.0 Å². The van der Waals surface area contributed by atoms with Crippen LogP contribution in [0.2, 0.25) is 0 Å². The zero-order chi connectivity index (χ0) is 17.0. The summed E-state index contributed by atoms with van der Waals surface area (Å²) in [5, 5.41) is 0.585. The SMILES string of the molecule is COc1cc(OC2CCN(C(=O)OC(C)(C)C)C2)nc(SC)n1. The Labute approximate surface area is 140 Å². The van der Waals surface area contributed by atoms with Crippen LogP contribution in [0.4, 0.5) is 4.79 Å². The lowest BCUT2D eigenvalue weighted by molar-refractivity contribution is 0.0274. The molecule has 1 saturated heterocycles. The molecule has 0 spiro atoms. The summed E-state index contributed by atoms with van der Waals surface area (Å²) in [5.41, 5.74) is -0.497. The Morgan fingerprint density at radius 3 is 2.65 bits per heavy atom. The van der Waals surface area contributed by atoms with E-state index in [1.807, 2.05) is 27.0 Å². The van der Waals surface area contributed by atoms with Gasteiger partial charge in [-0.3, -0.25) is 0 Å². The van der Waals surface area contributed by atoms with Crippen LogP contribution in [0.15, 0.2) is 11.2 Å². The molecule has 0 bridgehead atoms. The molecule has 1 aromatic rings. The van der Waals surface area contributed by atoms with Gasteiger partial charge >= 0.3 is 6.09 Å². The smallest absolute Gasteiger partial charge is 0.410 e. The van der Waals surface area contributed by atoms with E-state index in [4.69, 9.17) is 14.2 Å². The third-order valence-corrected chi connectivity index (χ3v) is 3.68. The van der Waals surface area contributed by atoms with Crippen molar-refractivity contribution in [1.29, 1.82) is 0 Å². The Morgan fingerprint density at radius 2 is 2.04 bits per heavy atom. The number of aromatic nitrogens is 2. The molecule has 1 atom stereocenters. The van der Waals surface area contributed by atoms with E-state index in [2.05, 4.69) is 9.97 Å². The van der Waals surface area contributed by atoms with Gasteiger partial charge in [0.05, 0.1) is 19.7 Å². The number of methoxy groups -OCH3 is 1. The second-order valence-electron chi connectivity index (χ2n) is 6.19. The van der Waals surface area contributed by atoms with Crippen molar-refractivity contribution < 1.29 is 19.0 Å². The highest BCUT2D eigenvalue weighted by Crippen LogP contribution is 2.24. The zero-order valence-electron chi connectivity index (χ0n) is 14.2. The number of hydrogen-bond acceptors (Lipinski definition) is 7. The van der Waals surface area contributed by atoms with E-state index in [-0.39, 0.29) is 12.2 Å². The molecule has 7 nitrogen and oxygen atoms in total. The average Bonchev–Trinajstić information content (AvgIpc) is 2.93. The molecule has 1 aromatic heterocycles. The summed E-state index contributed by atoms with van der Waals surface area (Å²) in [6, 6.07) is 1.65. The van der Waals surface area contributed by atoms with Gasteiger partial charge in [-0.15, -0.1) is 0 Å². The minimum Gasteiger partial charge on any atom is -0.481 e. The van der Waals surface area contributed by atoms with Crippen LogP contribution in [0.5, 0.6) is 11.8 Å². The minimum atomic E-state index is -0.497. The topological polar surface area (TPSA) is 73.8 Å². The summed E-state index contributed by atoms with van der Waals surface area (Å²) in [5.74, 6) is 0.915. The second-order valence-corrected chi connectivity index (χ2v) is 6.96. The van der Waals surface area contributed by atoms with Crippen LogP contribution in [-0.2, 0) is 4.74 Å². The number of rotatable bonds is 4. The molecule has 2 rings (SSSR count). The van der Waals surface area contributed by atoms with Gasteiger partial charge in [0, 0.05) is 13.0 Å². The first-order valence-electron chi connectivity index (χ1n) is 7.42. The van der Waals surface area contributed by atoms with Crippen LogP contribution in [0.25, 0.3) is 0 Å². The molecule has 0 saturated carbocycles. The van der Waals surface area contributed by atoms with Crippen LogP contribution in [-0.4, -0.2) is 59.1 Å². The van der Waals surface area contributed by atoms with Gasteiger partial charge < -0.3 is 19.1 Å². The molecule has 8 heteroatoms. The summed E-state index contributed by atoms with van der Waals surface area (Å²) >= 11 is 1.42. The summed E-state index contributed by atoms with van der Waals surface area (Å²) in [6.07, 6.45) is 2.20. The van der Waals surface area contributed by atoms with Gasteiger partial charge in [0.1, 0.15) is 11.7 Å². The number of carbonyl (C=O) groups is 1. The fraction of sp³-hybridized carbons (Fsp3) is 0.667. The van der Waals surface area contributed by atoms with E-state index in [9.17, 15) is 4.79 Å². The van der Waals surface area contributed by atoms with E-state index >= 15 is 0 Å². The normalized spacial score (nSPS) is 18.0. The molecule has 128 valence electrons. The summed E-state index contributed by atoms with van der Waals surface area (Å²) < 4.78 is 16.4. The lowest BCUT2D eigenvalue weighted by Crippen LogP contribution is -2.36. The second kappa shape index (κ2) is 7.25. The highest BCUT2D eigenvalue weighted by atomic mass is 32.2. The standard InChI is InChI=1S/C15H23N3O4S/c1-15(2,3)22-14(19)18-7-6-10(9-18)21-12-8-11(20-4)16-13(17-12)23-5/h8,10H,6-7,9H2,1-5H3. The van der Waals surface area contributed by atoms with Crippen molar-refractivity contribution in [1.82, 2.24) is 14.9 Å². The van der Waals surface area contributed by atoms with Crippen molar-refractivity contribution >= 4 is 17.9 Å². The number of amides is 1. The van der Waals surface area contributed by atoms with Crippen molar-refractivity contribution in [3.05, 3.63) is 6.07 Å². The van der Waals surface area contributed by atoms with E-state index in [0.717, 1.165) is 6.42 Å². The van der Waals surface area contributed by atoms with Gasteiger partial charge in [-0.25, -0.2) is 4.79 Å². The predicted octanol–water partition coefficient (Wildman–Crippen LogP) is 2.60. The summed E-state index contributed by atoms with van der Waals surface area (Å²) in [7, 11) is 1.55. The van der Waals surface area contributed by atoms with Crippen LogP contribution < -0.4 is 9.47 Å². The third-order valence-electron chi connectivity index (χ3n) is 3.13. The molecule has 2 heterocycles. The number of nitrogens with zero attached hydrogens (tertiary/aromatic N) is 3. The quantitative estimate of drug-likeness (QED) is 0.615. The molecular formula is C15H23N3O4S. The number of likely N-dealkylation sites (tertiary alicyclic amines) is 1. The van der Waals surface area contributed by atoms with Crippen LogP contribution >= 0.6 is 11.8 Å². The molecule has 1 amide bonds. The average molecular weight is 341 g/mol. The number of ether oxygens (including phenoxy) is 3. The maximum Gasteiger partial charge on any atom is 0.410 e. The maximum atomic E-state index is 12.1. The highest BCUT2D eigenvalue weighted by Gasteiger charge is 2.31. The zero-order valence-corrected chi connectivity index (χ0v) is 15.0. The van der Waals surface area contributed by atoms with Crippen LogP contribution in [0.3, 0.4) is 0 Å². The summed E-state index contributed by atoms with van der Waals surface area (Å²) in [6.45, 7) is 6.65. The molecule has 1 unspecified atom stereocenters. The first-order valence-corrected chi connectivity index (χ1v) is 8.65. The van der Waals surface area contributed by atoms with Crippen LogP contribution in [0, 0.1) is 0 Å². The fourth-order valence-corrected chi connectivity index (χ4v) is 2.49. The molecule has 0 aliphatic carbocycles. The van der Waals surface area contributed by atoms with E-state index in [1.54, 1.807) is 18.1 Å². The van der Waals surface area contributed by atoms with Gasteiger partial charge in [-0.1, -0.05) is 11.8 Å². The Kier molecular flexibility index (Phi) is 5.56. The van der Waals surface area contributed by atoms with Gasteiger partial charge in [0.15, 0.2) is 5.16 Å². The van der Waals surface area contributed by atoms with Gasteiger partial charge in [0.2, 0.25) is 11.8 Å². The molecule has 1 aliphatic heterocycles. The Bertz CT molecular complexity index is 540. The number of hydrogen-bond donors (Lipinski definition) is 0. The number of thioether (sulfide) groups is 1. The molecule has 1 fully saturated rings. The van der Waals surface area contributed by atoms with Crippen molar-refractivity contribution in [2.45, 2.75) is 44.1 Å². The van der Waals surface area contributed by atoms with Gasteiger partial charge in [-0.05, 0) is 27.0 Å².